The van der Waals surface area contributed by atoms with Gasteiger partial charge in [-0.3, -0.25) is 14.5 Å². The Kier molecular flexibility index (Phi) is 7.63. The molecule has 7 heteroatoms. The number of carbonyl (C=O) groups excluding carboxylic acids is 2. The highest BCUT2D eigenvalue weighted by atomic mass is 32.1. The number of carbonyl (C=O) groups is 2. The first-order chi connectivity index (χ1) is 17.9. The Hall–Kier alpha value is -3.16. The van der Waals surface area contributed by atoms with Crippen molar-refractivity contribution in [2.75, 3.05) is 39.8 Å². The monoisotopic (exact) mass is 517 g/mol. The van der Waals surface area contributed by atoms with Gasteiger partial charge in [-0.05, 0) is 61.0 Å². The zero-order valence-electron chi connectivity index (χ0n) is 21.9. The molecule has 1 aromatic heterocycles. The fourth-order valence-electron chi connectivity index (χ4n) is 5.55. The van der Waals surface area contributed by atoms with E-state index in [-0.39, 0.29) is 23.9 Å². The van der Waals surface area contributed by atoms with Gasteiger partial charge in [-0.1, -0.05) is 35.9 Å². The Morgan fingerprint density at radius 2 is 1.86 bits per heavy atom. The van der Waals surface area contributed by atoms with Crippen molar-refractivity contribution >= 4 is 23.2 Å². The number of thiophene rings is 1. The van der Waals surface area contributed by atoms with Crippen molar-refractivity contribution in [3.63, 3.8) is 0 Å². The first kappa shape index (κ1) is 25.5. The van der Waals surface area contributed by atoms with Crippen LogP contribution in [-0.4, -0.2) is 72.4 Å². The van der Waals surface area contributed by atoms with Gasteiger partial charge in [0.1, 0.15) is 5.75 Å². The first-order valence-electron chi connectivity index (χ1n) is 13.0. The second kappa shape index (κ2) is 11.1. The Labute approximate surface area is 223 Å². The maximum Gasteiger partial charge on any atom is 0.254 e. The molecule has 2 atom stereocenters. The summed E-state index contributed by atoms with van der Waals surface area (Å²) in [6.45, 7) is 7.48. The molecule has 0 bridgehead atoms. The molecular formula is C30H35N3O3S. The lowest BCUT2D eigenvalue weighted by atomic mass is 9.92. The predicted octanol–water partition coefficient (Wildman–Crippen LogP) is 4.78. The number of rotatable bonds is 6. The summed E-state index contributed by atoms with van der Waals surface area (Å²) in [5, 5.41) is 2.19. The second-order valence-corrected chi connectivity index (χ2v) is 11.1. The molecule has 0 radical (unpaired) electrons. The van der Waals surface area contributed by atoms with Crippen LogP contribution in [0.15, 0.2) is 60.0 Å². The van der Waals surface area contributed by atoms with Crippen LogP contribution >= 0.6 is 11.3 Å². The zero-order valence-corrected chi connectivity index (χ0v) is 22.7. The molecule has 2 aromatic carbocycles. The molecule has 2 aliphatic heterocycles. The summed E-state index contributed by atoms with van der Waals surface area (Å²) in [6.07, 6.45) is 1.52. The van der Waals surface area contributed by atoms with Gasteiger partial charge in [0.2, 0.25) is 5.91 Å². The van der Waals surface area contributed by atoms with Crippen molar-refractivity contribution in [3.05, 3.63) is 87.1 Å². The molecule has 3 heterocycles. The molecule has 3 aromatic rings. The average molecular weight is 518 g/mol. The number of hydrogen-bond acceptors (Lipinski definition) is 5. The molecule has 0 N–H and O–H groups in total. The van der Waals surface area contributed by atoms with E-state index in [2.05, 4.69) is 47.5 Å². The summed E-state index contributed by atoms with van der Waals surface area (Å²) < 4.78 is 5.27. The van der Waals surface area contributed by atoms with Crippen LogP contribution in [0.3, 0.4) is 0 Å². The van der Waals surface area contributed by atoms with Gasteiger partial charge >= 0.3 is 0 Å². The van der Waals surface area contributed by atoms with Crippen LogP contribution < -0.4 is 4.74 Å². The van der Waals surface area contributed by atoms with Crippen LogP contribution in [0, 0.1) is 6.92 Å². The molecule has 1 fully saturated rings. The third-order valence-electron chi connectivity index (χ3n) is 7.63. The highest BCUT2D eigenvalue weighted by Gasteiger charge is 2.33. The lowest BCUT2D eigenvalue weighted by Gasteiger charge is -2.41. The quantitative estimate of drug-likeness (QED) is 0.473. The van der Waals surface area contributed by atoms with Crippen molar-refractivity contribution in [2.24, 2.45) is 0 Å². The van der Waals surface area contributed by atoms with Crippen molar-refractivity contribution in [2.45, 2.75) is 38.8 Å². The predicted molar refractivity (Wildman–Crippen MR) is 147 cm³/mol. The number of aryl methyl sites for hydroxylation is 1. The number of ether oxygens (including phenoxy) is 1. The lowest BCUT2D eigenvalue weighted by Crippen LogP contribution is -2.55. The number of fused-ring (bicyclic) bond motifs is 1. The zero-order chi connectivity index (χ0) is 25.9. The van der Waals surface area contributed by atoms with Crippen LogP contribution in [0.25, 0.3) is 0 Å². The Morgan fingerprint density at radius 3 is 2.62 bits per heavy atom. The number of methoxy groups -OCH3 is 1. The number of benzene rings is 2. The van der Waals surface area contributed by atoms with Gasteiger partial charge in [0.15, 0.2) is 0 Å². The molecule has 2 aliphatic rings. The van der Waals surface area contributed by atoms with Gasteiger partial charge < -0.3 is 14.5 Å². The molecule has 2 unspecified atom stereocenters. The maximum absolute atomic E-state index is 13.3. The lowest BCUT2D eigenvalue weighted by molar-refractivity contribution is -0.134. The van der Waals surface area contributed by atoms with Crippen LogP contribution in [0.1, 0.15) is 51.3 Å². The van der Waals surface area contributed by atoms with Gasteiger partial charge in [-0.2, -0.15) is 0 Å². The molecule has 6 nitrogen and oxygen atoms in total. The van der Waals surface area contributed by atoms with Gasteiger partial charge in [-0.25, -0.2) is 0 Å². The molecule has 0 aliphatic carbocycles. The van der Waals surface area contributed by atoms with E-state index in [9.17, 15) is 9.59 Å². The summed E-state index contributed by atoms with van der Waals surface area (Å²) in [7, 11) is 1.60. The van der Waals surface area contributed by atoms with E-state index in [0.29, 0.717) is 37.4 Å². The first-order valence-corrected chi connectivity index (χ1v) is 13.9. The Morgan fingerprint density at radius 1 is 1.05 bits per heavy atom. The molecule has 194 valence electrons. The molecule has 5 rings (SSSR count). The highest BCUT2D eigenvalue weighted by Crippen LogP contribution is 2.38. The minimum absolute atomic E-state index is 0.0145. The SMILES string of the molecule is COc1cccc(C(=O)N2CCN(C(=O)CCN3CCc4sccc4C3c3ccc(C)cc3)CC2C)c1. The van der Waals surface area contributed by atoms with Crippen LogP contribution in [0.2, 0.25) is 0 Å². The van der Waals surface area contributed by atoms with E-state index in [1.54, 1.807) is 13.2 Å². The smallest absolute Gasteiger partial charge is 0.254 e. The minimum Gasteiger partial charge on any atom is -0.497 e. The number of nitrogens with zero attached hydrogens (tertiary/aromatic N) is 3. The Balaban J connectivity index is 1.21. The summed E-state index contributed by atoms with van der Waals surface area (Å²) in [4.78, 5) is 34.1. The molecular weight excluding hydrogens is 482 g/mol. The molecule has 37 heavy (non-hydrogen) atoms. The van der Waals surface area contributed by atoms with Gasteiger partial charge in [0, 0.05) is 55.6 Å². The molecule has 1 saturated heterocycles. The summed E-state index contributed by atoms with van der Waals surface area (Å²) in [6, 6.07) is 18.5. The van der Waals surface area contributed by atoms with Crippen molar-refractivity contribution in [3.8, 4) is 5.75 Å². The molecule has 0 saturated carbocycles. The standard InChI is InChI=1S/C30H35N3O3S/c1-21-7-9-23(10-8-21)29-26-13-18-37-27(26)11-14-31(29)15-12-28(34)32-16-17-33(22(2)20-32)30(35)24-5-4-6-25(19-24)36-3/h4-10,13,18-19,22,29H,11-12,14-17,20H2,1-3H3. The minimum atomic E-state index is -0.0416. The third kappa shape index (κ3) is 5.43. The third-order valence-corrected chi connectivity index (χ3v) is 8.63. The number of amides is 2. The molecule has 0 spiro atoms. The van der Waals surface area contributed by atoms with E-state index in [0.717, 1.165) is 19.5 Å². The van der Waals surface area contributed by atoms with E-state index < -0.39 is 0 Å². The largest absolute Gasteiger partial charge is 0.497 e. The van der Waals surface area contributed by atoms with Crippen molar-refractivity contribution < 1.29 is 14.3 Å². The van der Waals surface area contributed by atoms with Crippen molar-refractivity contribution in [1.29, 1.82) is 0 Å². The van der Waals surface area contributed by atoms with Crippen LogP contribution in [-0.2, 0) is 11.2 Å². The fourth-order valence-corrected chi connectivity index (χ4v) is 6.46. The maximum atomic E-state index is 13.3. The van der Waals surface area contributed by atoms with E-state index in [1.165, 1.54) is 21.6 Å². The van der Waals surface area contributed by atoms with Crippen molar-refractivity contribution in [1.82, 2.24) is 14.7 Å². The molecule has 2 amide bonds. The van der Waals surface area contributed by atoms with Crippen LogP contribution in [0.5, 0.6) is 5.75 Å². The van der Waals surface area contributed by atoms with Gasteiger partial charge in [0.25, 0.3) is 5.91 Å². The summed E-state index contributed by atoms with van der Waals surface area (Å²) in [5.74, 6) is 0.821. The number of piperazine rings is 1. The highest BCUT2D eigenvalue weighted by molar-refractivity contribution is 7.10. The summed E-state index contributed by atoms with van der Waals surface area (Å²) >= 11 is 1.84. The van der Waals surface area contributed by atoms with E-state index in [4.69, 9.17) is 4.74 Å². The van der Waals surface area contributed by atoms with E-state index in [1.807, 2.05) is 46.3 Å². The normalized spacial score (nSPS) is 20.0. The summed E-state index contributed by atoms with van der Waals surface area (Å²) in [5.41, 5.74) is 4.54. The Bertz CT molecular complexity index is 1250. The van der Waals surface area contributed by atoms with Gasteiger partial charge in [-0.15, -0.1) is 11.3 Å². The fraction of sp³-hybridized carbons (Fsp3) is 0.400. The average Bonchev–Trinajstić information content (AvgIpc) is 3.40. The second-order valence-electron chi connectivity index (χ2n) is 10.1. The topological polar surface area (TPSA) is 53.1 Å². The number of hydrogen-bond donors (Lipinski definition) is 0. The van der Waals surface area contributed by atoms with Gasteiger partial charge in [0.05, 0.1) is 13.2 Å². The van der Waals surface area contributed by atoms with Crippen LogP contribution in [0.4, 0.5) is 0 Å². The van der Waals surface area contributed by atoms with E-state index >= 15 is 0 Å².